The standard InChI is InChI=1S/C21H23FN4O5/c1-15(21(27)23-13-16-2-5-18(22)6-3-16)31-24-14-17-4-7-19(20(12-17)26(28)29)25-8-10-30-11-9-25/h2-7,12,14-15H,8-11,13H2,1H3,(H,23,27). The minimum absolute atomic E-state index is 0.0315. The molecule has 0 aliphatic carbocycles. The summed E-state index contributed by atoms with van der Waals surface area (Å²) in [6.45, 7) is 3.97. The largest absolute Gasteiger partial charge is 0.383 e. The second kappa shape index (κ2) is 10.5. The van der Waals surface area contributed by atoms with Crippen LogP contribution >= 0.6 is 0 Å². The Morgan fingerprint density at radius 2 is 2.03 bits per heavy atom. The lowest BCUT2D eigenvalue weighted by Crippen LogP contribution is -2.36. The van der Waals surface area contributed by atoms with Crippen molar-refractivity contribution in [2.45, 2.75) is 19.6 Å². The van der Waals surface area contributed by atoms with Gasteiger partial charge in [0.2, 0.25) is 6.10 Å². The normalized spacial score (nSPS) is 15.0. The number of nitro benzene ring substituents is 1. The summed E-state index contributed by atoms with van der Waals surface area (Å²) in [5.41, 5.74) is 1.72. The van der Waals surface area contributed by atoms with E-state index in [-0.39, 0.29) is 18.0 Å². The molecular weight excluding hydrogens is 407 g/mol. The number of rotatable bonds is 8. The number of anilines is 1. The number of hydrogen-bond acceptors (Lipinski definition) is 7. The number of morpholine rings is 1. The van der Waals surface area contributed by atoms with Crippen LogP contribution in [0.25, 0.3) is 0 Å². The first-order valence-electron chi connectivity index (χ1n) is 9.76. The zero-order valence-corrected chi connectivity index (χ0v) is 17.0. The first-order chi connectivity index (χ1) is 14.9. The van der Waals surface area contributed by atoms with Crippen molar-refractivity contribution >= 4 is 23.5 Å². The van der Waals surface area contributed by atoms with Gasteiger partial charge in [0, 0.05) is 31.3 Å². The van der Waals surface area contributed by atoms with E-state index in [0.29, 0.717) is 37.6 Å². The molecule has 164 valence electrons. The van der Waals surface area contributed by atoms with Crippen LogP contribution in [0.4, 0.5) is 15.8 Å². The van der Waals surface area contributed by atoms with Gasteiger partial charge >= 0.3 is 0 Å². The monoisotopic (exact) mass is 430 g/mol. The van der Waals surface area contributed by atoms with Crippen molar-refractivity contribution in [2.24, 2.45) is 5.16 Å². The number of carbonyl (C=O) groups is 1. The fourth-order valence-electron chi connectivity index (χ4n) is 3.00. The van der Waals surface area contributed by atoms with Crippen LogP contribution in [0.2, 0.25) is 0 Å². The van der Waals surface area contributed by atoms with E-state index in [1.807, 2.05) is 4.90 Å². The van der Waals surface area contributed by atoms with Crippen LogP contribution in [0, 0.1) is 15.9 Å². The molecule has 2 aromatic carbocycles. The first-order valence-corrected chi connectivity index (χ1v) is 9.76. The van der Waals surface area contributed by atoms with E-state index in [1.165, 1.54) is 31.3 Å². The van der Waals surface area contributed by atoms with Crippen LogP contribution in [0.15, 0.2) is 47.6 Å². The predicted octanol–water partition coefficient (Wildman–Crippen LogP) is 2.63. The number of benzene rings is 2. The molecule has 9 nitrogen and oxygen atoms in total. The highest BCUT2D eigenvalue weighted by Crippen LogP contribution is 2.29. The van der Waals surface area contributed by atoms with E-state index >= 15 is 0 Å². The number of carbonyl (C=O) groups excluding carboxylic acids is 1. The highest BCUT2D eigenvalue weighted by atomic mass is 19.1. The van der Waals surface area contributed by atoms with E-state index in [2.05, 4.69) is 10.5 Å². The molecule has 10 heteroatoms. The minimum Gasteiger partial charge on any atom is -0.383 e. The van der Waals surface area contributed by atoms with Crippen molar-refractivity contribution in [1.29, 1.82) is 0 Å². The third kappa shape index (κ3) is 6.22. The Hall–Kier alpha value is -3.53. The van der Waals surface area contributed by atoms with Gasteiger partial charge in [0.15, 0.2) is 0 Å². The minimum atomic E-state index is -0.876. The maximum Gasteiger partial charge on any atom is 0.293 e. The van der Waals surface area contributed by atoms with Gasteiger partial charge in [0.05, 0.1) is 24.4 Å². The first kappa shape index (κ1) is 22.2. The maximum absolute atomic E-state index is 12.9. The Morgan fingerprint density at radius 3 is 2.71 bits per heavy atom. The number of oxime groups is 1. The Balaban J connectivity index is 1.56. The van der Waals surface area contributed by atoms with Gasteiger partial charge in [-0.25, -0.2) is 4.39 Å². The SMILES string of the molecule is CC(ON=Cc1ccc(N2CCOCC2)c([N+](=O)[O-])c1)C(=O)NCc1ccc(F)cc1. The van der Waals surface area contributed by atoms with Gasteiger partial charge in [0.1, 0.15) is 11.5 Å². The molecule has 0 spiro atoms. The number of nitrogens with zero attached hydrogens (tertiary/aromatic N) is 3. The summed E-state index contributed by atoms with van der Waals surface area (Å²) in [4.78, 5) is 30.2. The van der Waals surface area contributed by atoms with Crippen LogP contribution in [-0.2, 0) is 20.9 Å². The molecule has 3 rings (SSSR count). The highest BCUT2D eigenvalue weighted by Gasteiger charge is 2.21. The van der Waals surface area contributed by atoms with Crippen LogP contribution in [0.1, 0.15) is 18.1 Å². The number of halogens is 1. The highest BCUT2D eigenvalue weighted by molar-refractivity contribution is 5.83. The van der Waals surface area contributed by atoms with Crippen molar-refractivity contribution < 1.29 is 23.7 Å². The van der Waals surface area contributed by atoms with Gasteiger partial charge in [-0.1, -0.05) is 23.4 Å². The molecular formula is C21H23FN4O5. The molecule has 1 saturated heterocycles. The maximum atomic E-state index is 12.9. The van der Waals surface area contributed by atoms with Crippen LogP contribution < -0.4 is 10.2 Å². The van der Waals surface area contributed by atoms with Gasteiger partial charge in [0.25, 0.3) is 11.6 Å². The summed E-state index contributed by atoms with van der Waals surface area (Å²) in [5, 5.41) is 17.9. The molecule has 0 aromatic heterocycles. The molecule has 1 aliphatic rings. The van der Waals surface area contributed by atoms with E-state index in [9.17, 15) is 19.3 Å². The van der Waals surface area contributed by atoms with Gasteiger partial charge in [-0.3, -0.25) is 14.9 Å². The fraction of sp³-hybridized carbons (Fsp3) is 0.333. The molecule has 2 aromatic rings. The lowest BCUT2D eigenvalue weighted by Gasteiger charge is -2.28. The smallest absolute Gasteiger partial charge is 0.293 e. The zero-order chi connectivity index (χ0) is 22.2. The third-order valence-corrected chi connectivity index (χ3v) is 4.72. The van der Waals surface area contributed by atoms with Crippen LogP contribution in [-0.4, -0.2) is 49.5 Å². The van der Waals surface area contributed by atoms with Crippen LogP contribution in [0.5, 0.6) is 0 Å². The van der Waals surface area contributed by atoms with Crippen LogP contribution in [0.3, 0.4) is 0 Å². The number of nitrogens with one attached hydrogen (secondary N) is 1. The molecule has 1 aliphatic heterocycles. The Morgan fingerprint density at radius 1 is 1.32 bits per heavy atom. The molecule has 0 bridgehead atoms. The number of hydrogen-bond donors (Lipinski definition) is 1. The summed E-state index contributed by atoms with van der Waals surface area (Å²) in [5.74, 6) is -0.741. The van der Waals surface area contributed by atoms with Crippen molar-refractivity contribution in [3.8, 4) is 0 Å². The average Bonchev–Trinajstić information content (AvgIpc) is 2.79. The number of amides is 1. The van der Waals surface area contributed by atoms with Crippen molar-refractivity contribution in [3.63, 3.8) is 0 Å². The lowest BCUT2D eigenvalue weighted by atomic mass is 10.1. The summed E-state index contributed by atoms with van der Waals surface area (Å²) in [7, 11) is 0. The Labute approximate surface area is 178 Å². The number of nitro groups is 1. The lowest BCUT2D eigenvalue weighted by molar-refractivity contribution is -0.384. The molecule has 31 heavy (non-hydrogen) atoms. The number of ether oxygens (including phenoxy) is 1. The van der Waals surface area contributed by atoms with Crippen molar-refractivity contribution in [3.05, 3.63) is 69.5 Å². The van der Waals surface area contributed by atoms with Crippen molar-refractivity contribution in [2.75, 3.05) is 31.2 Å². The van der Waals surface area contributed by atoms with E-state index < -0.39 is 16.9 Å². The van der Waals surface area contributed by atoms with Gasteiger partial charge in [-0.05, 0) is 30.7 Å². The zero-order valence-electron chi connectivity index (χ0n) is 17.0. The Kier molecular flexibility index (Phi) is 7.50. The molecule has 1 atom stereocenters. The average molecular weight is 430 g/mol. The van der Waals surface area contributed by atoms with Gasteiger partial charge in [-0.2, -0.15) is 0 Å². The summed E-state index contributed by atoms with van der Waals surface area (Å²) < 4.78 is 18.2. The third-order valence-electron chi connectivity index (χ3n) is 4.72. The Bertz CT molecular complexity index is 945. The molecule has 1 fully saturated rings. The molecule has 1 unspecified atom stereocenters. The molecule has 0 radical (unpaired) electrons. The summed E-state index contributed by atoms with van der Waals surface area (Å²) >= 11 is 0. The summed E-state index contributed by atoms with van der Waals surface area (Å²) in [6, 6.07) is 10.6. The quantitative estimate of drug-likeness (QED) is 0.392. The second-order valence-corrected chi connectivity index (χ2v) is 6.93. The van der Waals surface area contributed by atoms with Crippen molar-refractivity contribution in [1.82, 2.24) is 5.32 Å². The molecule has 1 N–H and O–H groups in total. The predicted molar refractivity (Wildman–Crippen MR) is 113 cm³/mol. The van der Waals surface area contributed by atoms with E-state index in [4.69, 9.17) is 9.57 Å². The van der Waals surface area contributed by atoms with Gasteiger partial charge < -0.3 is 19.8 Å². The summed E-state index contributed by atoms with van der Waals surface area (Å²) in [6.07, 6.45) is 0.444. The van der Waals surface area contributed by atoms with Gasteiger partial charge in [-0.15, -0.1) is 0 Å². The molecule has 0 saturated carbocycles. The topological polar surface area (TPSA) is 106 Å². The van der Waals surface area contributed by atoms with E-state index in [1.54, 1.807) is 24.3 Å². The van der Waals surface area contributed by atoms with E-state index in [0.717, 1.165) is 5.56 Å². The molecule has 1 heterocycles. The second-order valence-electron chi connectivity index (χ2n) is 6.93. The fourth-order valence-corrected chi connectivity index (χ4v) is 3.00. The molecule has 1 amide bonds.